The Balaban J connectivity index is 0.000000829. The molecule has 1 heteroatoms. The van der Waals surface area contributed by atoms with Crippen LogP contribution in [0.1, 0.15) is 33.4 Å². The maximum Gasteiger partial charge on any atom is 0.0709 e. The van der Waals surface area contributed by atoms with Gasteiger partial charge in [0.25, 0.3) is 0 Å². The van der Waals surface area contributed by atoms with Gasteiger partial charge in [0.05, 0.1) is 11.2 Å². The van der Waals surface area contributed by atoms with E-state index < -0.39 is 0 Å². The standard InChI is InChI=1S/C15H13N.2C2H6/c1-3-7-12(4-2)15-11-10-13-8-5-6-9-14(13)16-15;2*1-2/h3-11H,1-2H2;2*1-2H3/b12-7+;;. The summed E-state index contributed by atoms with van der Waals surface area (Å²) in [5.41, 5.74) is 2.91. The number of aromatic nitrogens is 1. The molecule has 2 rings (SSSR count). The van der Waals surface area contributed by atoms with E-state index in [4.69, 9.17) is 0 Å². The van der Waals surface area contributed by atoms with Crippen LogP contribution in [-0.2, 0) is 0 Å². The smallest absolute Gasteiger partial charge is 0.0709 e. The molecule has 0 N–H and O–H groups in total. The Morgan fingerprint density at radius 2 is 1.60 bits per heavy atom. The van der Waals surface area contributed by atoms with Crippen LogP contribution in [0.2, 0.25) is 0 Å². The molecule has 1 aromatic heterocycles. The van der Waals surface area contributed by atoms with Gasteiger partial charge >= 0.3 is 0 Å². The lowest BCUT2D eigenvalue weighted by atomic mass is 10.1. The largest absolute Gasteiger partial charge is 0.248 e. The van der Waals surface area contributed by atoms with Crippen LogP contribution >= 0.6 is 0 Å². The second kappa shape index (κ2) is 10.7. The minimum Gasteiger partial charge on any atom is -0.248 e. The number of hydrogen-bond acceptors (Lipinski definition) is 1. The molecule has 2 aromatic rings. The van der Waals surface area contributed by atoms with Gasteiger partial charge in [-0.2, -0.15) is 0 Å². The first-order valence-corrected chi connectivity index (χ1v) is 7.16. The molecule has 0 fully saturated rings. The summed E-state index contributed by atoms with van der Waals surface area (Å²) in [4.78, 5) is 4.58. The molecule has 0 saturated heterocycles. The monoisotopic (exact) mass is 267 g/mol. The first-order valence-electron chi connectivity index (χ1n) is 7.16. The SMILES string of the molecule is C=C/C=C(\C=C)c1ccc2ccccc2n1.CC.CC. The Bertz CT molecular complexity index is 565. The lowest BCUT2D eigenvalue weighted by Crippen LogP contribution is -1.87. The maximum absolute atomic E-state index is 4.58. The Hall–Kier alpha value is -2.15. The predicted molar refractivity (Wildman–Crippen MR) is 92.8 cm³/mol. The summed E-state index contributed by atoms with van der Waals surface area (Å²) in [5, 5.41) is 1.15. The second-order valence-corrected chi connectivity index (χ2v) is 3.45. The summed E-state index contributed by atoms with van der Waals surface area (Å²) in [6.45, 7) is 15.5. The van der Waals surface area contributed by atoms with Crippen molar-refractivity contribution in [3.8, 4) is 0 Å². The van der Waals surface area contributed by atoms with E-state index in [1.165, 1.54) is 0 Å². The maximum atomic E-state index is 4.58. The van der Waals surface area contributed by atoms with Crippen LogP contribution in [0.25, 0.3) is 16.5 Å². The van der Waals surface area contributed by atoms with Gasteiger partial charge in [-0.3, -0.25) is 0 Å². The number of hydrogen-bond donors (Lipinski definition) is 0. The molecule has 0 bridgehead atoms. The van der Waals surface area contributed by atoms with Crippen molar-refractivity contribution in [2.24, 2.45) is 0 Å². The van der Waals surface area contributed by atoms with E-state index in [1.807, 2.05) is 58.0 Å². The van der Waals surface area contributed by atoms with Gasteiger partial charge in [-0.15, -0.1) is 0 Å². The average Bonchev–Trinajstić information content (AvgIpc) is 2.56. The summed E-state index contributed by atoms with van der Waals surface area (Å²) in [5.74, 6) is 0. The fourth-order valence-electron chi connectivity index (χ4n) is 1.61. The molecule has 20 heavy (non-hydrogen) atoms. The highest BCUT2D eigenvalue weighted by Gasteiger charge is 1.99. The number of para-hydroxylation sites is 1. The Kier molecular flexibility index (Phi) is 9.59. The van der Waals surface area contributed by atoms with Gasteiger partial charge in [0.15, 0.2) is 0 Å². The summed E-state index contributed by atoms with van der Waals surface area (Å²) in [6.07, 6.45) is 5.44. The highest BCUT2D eigenvalue weighted by Crippen LogP contribution is 2.18. The van der Waals surface area contributed by atoms with E-state index in [-0.39, 0.29) is 0 Å². The van der Waals surface area contributed by atoms with Gasteiger partial charge in [0.1, 0.15) is 0 Å². The van der Waals surface area contributed by atoms with Crippen molar-refractivity contribution < 1.29 is 0 Å². The molecule has 106 valence electrons. The van der Waals surface area contributed by atoms with Crippen molar-refractivity contribution >= 4 is 16.5 Å². The third-order valence-electron chi connectivity index (χ3n) is 2.41. The van der Waals surface area contributed by atoms with Crippen molar-refractivity contribution in [2.45, 2.75) is 27.7 Å². The molecule has 1 aromatic carbocycles. The van der Waals surface area contributed by atoms with Crippen LogP contribution in [0.3, 0.4) is 0 Å². The molecular weight excluding hydrogens is 242 g/mol. The average molecular weight is 267 g/mol. The highest BCUT2D eigenvalue weighted by molar-refractivity contribution is 5.82. The van der Waals surface area contributed by atoms with Crippen LogP contribution < -0.4 is 0 Å². The zero-order valence-corrected chi connectivity index (χ0v) is 13.1. The summed E-state index contributed by atoms with van der Waals surface area (Å²) >= 11 is 0. The molecular formula is C19H25N. The third kappa shape index (κ3) is 4.85. The molecule has 1 heterocycles. The normalized spacial score (nSPS) is 9.70. The van der Waals surface area contributed by atoms with Gasteiger partial charge in [0.2, 0.25) is 0 Å². The lowest BCUT2D eigenvalue weighted by Gasteiger charge is -2.02. The number of fused-ring (bicyclic) bond motifs is 1. The number of benzene rings is 1. The minimum atomic E-state index is 0.925. The topological polar surface area (TPSA) is 12.9 Å². The highest BCUT2D eigenvalue weighted by atomic mass is 14.7. The van der Waals surface area contributed by atoms with Crippen molar-refractivity contribution in [1.82, 2.24) is 4.98 Å². The molecule has 0 aliphatic rings. The molecule has 0 amide bonds. The number of pyridine rings is 1. The second-order valence-electron chi connectivity index (χ2n) is 3.45. The quantitative estimate of drug-likeness (QED) is 0.617. The van der Waals surface area contributed by atoms with Crippen LogP contribution in [0.15, 0.2) is 67.8 Å². The number of nitrogens with zero attached hydrogens (tertiary/aromatic N) is 1. The molecule has 0 radical (unpaired) electrons. The van der Waals surface area contributed by atoms with Crippen molar-refractivity contribution in [3.05, 3.63) is 73.5 Å². The molecule has 0 atom stereocenters. The Morgan fingerprint density at radius 1 is 0.950 bits per heavy atom. The fourth-order valence-corrected chi connectivity index (χ4v) is 1.61. The van der Waals surface area contributed by atoms with E-state index in [0.29, 0.717) is 0 Å². The molecule has 0 aliphatic heterocycles. The van der Waals surface area contributed by atoms with Gasteiger partial charge < -0.3 is 0 Å². The van der Waals surface area contributed by atoms with Crippen LogP contribution in [-0.4, -0.2) is 4.98 Å². The molecule has 1 nitrogen and oxygen atoms in total. The van der Waals surface area contributed by atoms with Gasteiger partial charge in [-0.1, -0.05) is 83.3 Å². The van der Waals surface area contributed by atoms with Gasteiger partial charge in [-0.05, 0) is 17.7 Å². The Morgan fingerprint density at radius 3 is 2.20 bits per heavy atom. The van der Waals surface area contributed by atoms with E-state index in [2.05, 4.69) is 30.3 Å². The summed E-state index contributed by atoms with van der Waals surface area (Å²) in [6, 6.07) is 12.1. The van der Waals surface area contributed by atoms with Crippen LogP contribution in [0, 0.1) is 0 Å². The van der Waals surface area contributed by atoms with E-state index in [0.717, 1.165) is 22.2 Å². The van der Waals surface area contributed by atoms with Crippen LogP contribution in [0.4, 0.5) is 0 Å². The van der Waals surface area contributed by atoms with Gasteiger partial charge in [0, 0.05) is 5.39 Å². The van der Waals surface area contributed by atoms with E-state index >= 15 is 0 Å². The number of allylic oxidation sites excluding steroid dienone is 4. The zero-order valence-electron chi connectivity index (χ0n) is 13.1. The number of rotatable bonds is 3. The summed E-state index contributed by atoms with van der Waals surface area (Å²) in [7, 11) is 0. The molecule has 0 spiro atoms. The predicted octanol–water partition coefficient (Wildman–Crippen LogP) is 6.04. The van der Waals surface area contributed by atoms with Crippen molar-refractivity contribution in [3.63, 3.8) is 0 Å². The third-order valence-corrected chi connectivity index (χ3v) is 2.41. The molecule has 0 unspecified atom stereocenters. The van der Waals surface area contributed by atoms with Crippen molar-refractivity contribution in [1.29, 1.82) is 0 Å². The lowest BCUT2D eigenvalue weighted by molar-refractivity contribution is 1.35. The fraction of sp³-hybridized carbons (Fsp3) is 0.211. The van der Waals surface area contributed by atoms with Crippen LogP contribution in [0.5, 0.6) is 0 Å². The van der Waals surface area contributed by atoms with Crippen molar-refractivity contribution in [2.75, 3.05) is 0 Å². The molecule has 0 aliphatic carbocycles. The zero-order chi connectivity index (χ0) is 15.4. The Labute approximate surface area is 123 Å². The van der Waals surface area contributed by atoms with Gasteiger partial charge in [-0.25, -0.2) is 4.98 Å². The van der Waals surface area contributed by atoms with E-state index in [1.54, 1.807) is 12.2 Å². The van der Waals surface area contributed by atoms with E-state index in [9.17, 15) is 0 Å². The molecule has 0 saturated carbocycles. The first-order chi connectivity index (χ1) is 9.85. The summed E-state index contributed by atoms with van der Waals surface area (Å²) < 4.78 is 0. The first kappa shape index (κ1) is 17.8. The minimum absolute atomic E-state index is 0.925.